The lowest BCUT2D eigenvalue weighted by molar-refractivity contribution is -0.146. The van der Waals surface area contributed by atoms with Crippen LogP contribution in [0.4, 0.5) is 0 Å². The molecule has 184 valence electrons. The number of hydrogen-bond acceptors (Lipinski definition) is 5. The summed E-state index contributed by atoms with van der Waals surface area (Å²) in [6.45, 7) is 6.29. The van der Waals surface area contributed by atoms with Gasteiger partial charge in [0.05, 0.1) is 23.5 Å². The standard InChI is InChI=1S/C27H36N2O5/c1-4-5-8-13-28-24(30)20-16-33-25(29-20)23-19(21-11-12-22(23)34-21)14-17-9-6-7-10-18(17)15-27(2,3)26(31)32/h6-7,9-10,16,19,21-23H,4-5,8,11-15H2,1-3H3,(H,28,30)(H,31,32)/t19-,21-,22+,23-/m0/s1. The highest BCUT2D eigenvalue weighted by Gasteiger charge is 2.51. The molecule has 2 bridgehead atoms. The van der Waals surface area contributed by atoms with Crippen LogP contribution in [0.2, 0.25) is 0 Å². The molecular formula is C27H36N2O5. The van der Waals surface area contributed by atoms with E-state index < -0.39 is 11.4 Å². The van der Waals surface area contributed by atoms with E-state index >= 15 is 0 Å². The lowest BCUT2D eigenvalue weighted by Gasteiger charge is -2.27. The van der Waals surface area contributed by atoms with Gasteiger partial charge in [-0.05, 0) is 57.1 Å². The van der Waals surface area contributed by atoms with Crippen LogP contribution in [0.25, 0.3) is 0 Å². The normalized spacial score (nSPS) is 23.9. The zero-order chi connectivity index (χ0) is 24.3. The van der Waals surface area contributed by atoms with E-state index in [1.807, 2.05) is 18.2 Å². The average molecular weight is 469 g/mol. The van der Waals surface area contributed by atoms with E-state index in [0.29, 0.717) is 24.6 Å². The van der Waals surface area contributed by atoms with Crippen LogP contribution in [0.15, 0.2) is 34.9 Å². The number of nitrogens with zero attached hydrogens (tertiary/aromatic N) is 1. The molecule has 4 rings (SSSR count). The van der Waals surface area contributed by atoms with Gasteiger partial charge in [-0.15, -0.1) is 0 Å². The molecule has 34 heavy (non-hydrogen) atoms. The van der Waals surface area contributed by atoms with Crippen LogP contribution in [0, 0.1) is 11.3 Å². The van der Waals surface area contributed by atoms with Crippen LogP contribution in [0.3, 0.4) is 0 Å². The van der Waals surface area contributed by atoms with Gasteiger partial charge in [-0.3, -0.25) is 9.59 Å². The Kier molecular flexibility index (Phi) is 7.41. The summed E-state index contributed by atoms with van der Waals surface area (Å²) >= 11 is 0. The molecule has 2 aromatic rings. The number of rotatable bonds is 11. The van der Waals surface area contributed by atoms with Gasteiger partial charge in [0.25, 0.3) is 5.91 Å². The molecule has 2 fully saturated rings. The molecule has 1 aromatic heterocycles. The number of carboxylic acid groups (broad SMARTS) is 1. The lowest BCUT2D eigenvalue weighted by atomic mass is 9.74. The number of oxazole rings is 1. The molecule has 3 heterocycles. The van der Waals surface area contributed by atoms with Gasteiger partial charge in [0.1, 0.15) is 6.26 Å². The van der Waals surface area contributed by atoms with E-state index in [2.05, 4.69) is 23.3 Å². The second-order valence-corrected chi connectivity index (χ2v) is 10.4. The van der Waals surface area contributed by atoms with E-state index in [1.54, 1.807) is 13.8 Å². The first-order valence-corrected chi connectivity index (χ1v) is 12.5. The summed E-state index contributed by atoms with van der Waals surface area (Å²) in [6.07, 6.45) is 7.94. The van der Waals surface area contributed by atoms with Crippen molar-refractivity contribution in [2.45, 2.75) is 83.8 Å². The third kappa shape index (κ3) is 5.19. The Morgan fingerprint density at radius 1 is 1.15 bits per heavy atom. The van der Waals surface area contributed by atoms with E-state index in [-0.39, 0.29) is 30.0 Å². The zero-order valence-corrected chi connectivity index (χ0v) is 20.4. The second-order valence-electron chi connectivity index (χ2n) is 10.4. The summed E-state index contributed by atoms with van der Waals surface area (Å²) in [7, 11) is 0. The van der Waals surface area contributed by atoms with Crippen molar-refractivity contribution in [3.05, 3.63) is 53.2 Å². The van der Waals surface area contributed by atoms with Gasteiger partial charge in [-0.1, -0.05) is 44.0 Å². The molecule has 2 N–H and O–H groups in total. The maximum atomic E-state index is 12.5. The molecule has 0 radical (unpaired) electrons. The first-order chi connectivity index (χ1) is 16.3. The molecule has 2 aliphatic heterocycles. The maximum absolute atomic E-state index is 12.5. The number of carbonyl (C=O) groups is 2. The van der Waals surface area contributed by atoms with Crippen molar-refractivity contribution in [1.29, 1.82) is 0 Å². The van der Waals surface area contributed by atoms with Crippen molar-refractivity contribution in [3.63, 3.8) is 0 Å². The number of benzene rings is 1. The number of carbonyl (C=O) groups excluding carboxylic acids is 1. The molecule has 1 aromatic carbocycles. The van der Waals surface area contributed by atoms with Crippen LogP contribution < -0.4 is 5.32 Å². The first kappa shape index (κ1) is 24.5. The Labute approximate surface area is 201 Å². The number of fused-ring (bicyclic) bond motifs is 2. The van der Waals surface area contributed by atoms with Gasteiger partial charge >= 0.3 is 5.97 Å². The fourth-order valence-corrected chi connectivity index (χ4v) is 5.32. The number of unbranched alkanes of at least 4 members (excludes halogenated alkanes) is 2. The summed E-state index contributed by atoms with van der Waals surface area (Å²) in [5.74, 6) is -0.274. The molecule has 0 unspecified atom stereocenters. The van der Waals surface area contributed by atoms with Crippen LogP contribution in [-0.4, -0.2) is 40.7 Å². The van der Waals surface area contributed by atoms with Gasteiger partial charge in [-0.25, -0.2) is 4.98 Å². The van der Waals surface area contributed by atoms with Gasteiger partial charge < -0.3 is 19.6 Å². The maximum Gasteiger partial charge on any atom is 0.309 e. The zero-order valence-electron chi connectivity index (χ0n) is 20.4. The van der Waals surface area contributed by atoms with E-state index in [9.17, 15) is 14.7 Å². The average Bonchev–Trinajstić information content (AvgIpc) is 3.54. The van der Waals surface area contributed by atoms with Crippen LogP contribution in [0.1, 0.15) is 86.3 Å². The largest absolute Gasteiger partial charge is 0.481 e. The van der Waals surface area contributed by atoms with Gasteiger partial charge in [0.15, 0.2) is 5.69 Å². The van der Waals surface area contributed by atoms with Gasteiger partial charge in [-0.2, -0.15) is 0 Å². The molecule has 4 atom stereocenters. The Morgan fingerprint density at radius 2 is 1.88 bits per heavy atom. The topological polar surface area (TPSA) is 102 Å². The van der Waals surface area contributed by atoms with Crippen molar-refractivity contribution in [3.8, 4) is 0 Å². The van der Waals surface area contributed by atoms with Crippen LogP contribution in [0.5, 0.6) is 0 Å². The predicted octanol–water partition coefficient (Wildman–Crippen LogP) is 4.75. The predicted molar refractivity (Wildman–Crippen MR) is 128 cm³/mol. The van der Waals surface area contributed by atoms with Crippen molar-refractivity contribution in [1.82, 2.24) is 10.3 Å². The molecule has 7 nitrogen and oxygen atoms in total. The molecule has 0 saturated carbocycles. The van der Waals surface area contributed by atoms with Gasteiger partial charge in [0, 0.05) is 12.5 Å². The minimum absolute atomic E-state index is 0.0130. The van der Waals surface area contributed by atoms with Crippen molar-refractivity contribution < 1.29 is 23.8 Å². The second kappa shape index (κ2) is 10.3. The van der Waals surface area contributed by atoms with E-state index in [4.69, 9.17) is 9.15 Å². The smallest absolute Gasteiger partial charge is 0.309 e. The number of hydrogen-bond donors (Lipinski definition) is 2. The molecule has 2 saturated heterocycles. The number of amides is 1. The van der Waals surface area contributed by atoms with Crippen molar-refractivity contribution >= 4 is 11.9 Å². The van der Waals surface area contributed by atoms with Crippen LogP contribution in [-0.2, 0) is 22.4 Å². The number of aliphatic carboxylic acids is 1. The lowest BCUT2D eigenvalue weighted by Crippen LogP contribution is -2.29. The Balaban J connectivity index is 1.50. The van der Waals surface area contributed by atoms with Crippen molar-refractivity contribution in [2.75, 3.05) is 6.54 Å². The third-order valence-electron chi connectivity index (χ3n) is 7.32. The van der Waals surface area contributed by atoms with Crippen molar-refractivity contribution in [2.24, 2.45) is 11.3 Å². The third-order valence-corrected chi connectivity index (χ3v) is 7.32. The minimum Gasteiger partial charge on any atom is -0.481 e. The fourth-order valence-electron chi connectivity index (χ4n) is 5.32. The van der Waals surface area contributed by atoms with E-state index in [1.165, 1.54) is 6.26 Å². The molecule has 7 heteroatoms. The highest BCUT2D eigenvalue weighted by atomic mass is 16.5. The number of nitrogens with one attached hydrogen (secondary N) is 1. The molecule has 0 aliphatic carbocycles. The minimum atomic E-state index is -0.845. The SMILES string of the molecule is CCCCCNC(=O)c1coc([C@H]2[C@@H](Cc3ccccc3CC(C)(C)C(=O)O)[C@@H]3CC[C@H]2O3)n1. The Bertz CT molecular complexity index is 1010. The number of carboxylic acids is 1. The highest BCUT2D eigenvalue weighted by molar-refractivity contribution is 5.91. The molecule has 1 amide bonds. The quantitative estimate of drug-likeness (QED) is 0.462. The summed E-state index contributed by atoms with van der Waals surface area (Å²) < 4.78 is 12.1. The summed E-state index contributed by atoms with van der Waals surface area (Å²) in [5, 5.41) is 12.5. The molecule has 2 aliphatic rings. The fraction of sp³-hybridized carbons (Fsp3) is 0.593. The molecule has 0 spiro atoms. The monoisotopic (exact) mass is 468 g/mol. The summed E-state index contributed by atoms with van der Waals surface area (Å²) in [5.41, 5.74) is 1.67. The Morgan fingerprint density at radius 3 is 2.62 bits per heavy atom. The van der Waals surface area contributed by atoms with Gasteiger partial charge in [0.2, 0.25) is 5.89 Å². The first-order valence-electron chi connectivity index (χ1n) is 12.5. The summed E-state index contributed by atoms with van der Waals surface area (Å²) in [6, 6.07) is 8.07. The summed E-state index contributed by atoms with van der Waals surface area (Å²) in [4.78, 5) is 28.8. The van der Waals surface area contributed by atoms with Crippen LogP contribution >= 0.6 is 0 Å². The number of ether oxygens (including phenoxy) is 1. The molecular weight excluding hydrogens is 432 g/mol. The Hall–Kier alpha value is -2.67. The highest BCUT2D eigenvalue weighted by Crippen LogP contribution is 2.50. The number of aromatic nitrogens is 1. The van der Waals surface area contributed by atoms with E-state index in [0.717, 1.165) is 49.7 Å².